The zero-order valence-electron chi connectivity index (χ0n) is 13.9. The molecule has 1 N–H and O–H groups in total. The van der Waals surface area contributed by atoms with Gasteiger partial charge in [0.2, 0.25) is 0 Å². The summed E-state index contributed by atoms with van der Waals surface area (Å²) in [7, 11) is 0. The van der Waals surface area contributed by atoms with Gasteiger partial charge in [0.15, 0.2) is 0 Å². The first kappa shape index (κ1) is 17.2. The molecule has 0 aromatic heterocycles. The van der Waals surface area contributed by atoms with Gasteiger partial charge in [-0.2, -0.15) is 0 Å². The summed E-state index contributed by atoms with van der Waals surface area (Å²) in [4.78, 5) is 2.54. The molecule has 1 rings (SSSR count). The van der Waals surface area contributed by atoms with Gasteiger partial charge in [0.05, 0.1) is 0 Å². The monoisotopic (exact) mass is 276 g/mol. The molecule has 2 heteroatoms. The SMILES string of the molecule is CCNCC(C)c1ccc(CN(CC)C(C)CC)cc1. The number of hydrogen-bond donors (Lipinski definition) is 1. The van der Waals surface area contributed by atoms with E-state index in [1.165, 1.54) is 17.5 Å². The van der Waals surface area contributed by atoms with Crippen LogP contribution in [0.15, 0.2) is 24.3 Å². The molecule has 0 saturated heterocycles. The standard InChI is InChI=1S/C18H32N2/c1-6-16(5)20(8-3)14-17-9-11-18(12-10-17)15(4)13-19-7-2/h9-12,15-16,19H,6-8,13-14H2,1-5H3. The fourth-order valence-electron chi connectivity index (χ4n) is 2.50. The molecule has 1 aromatic carbocycles. The van der Waals surface area contributed by atoms with Crippen molar-refractivity contribution in [2.45, 2.75) is 59.5 Å². The Hall–Kier alpha value is -0.860. The molecule has 0 heterocycles. The molecule has 0 saturated carbocycles. The van der Waals surface area contributed by atoms with Gasteiger partial charge in [0, 0.05) is 19.1 Å². The molecule has 1 aromatic rings. The summed E-state index contributed by atoms with van der Waals surface area (Å²) in [5.74, 6) is 0.584. The Bertz CT molecular complexity index is 358. The minimum absolute atomic E-state index is 0.584. The first-order chi connectivity index (χ1) is 9.62. The normalized spacial score (nSPS) is 14.5. The molecule has 0 aliphatic heterocycles. The number of likely N-dealkylation sites (N-methyl/N-ethyl adjacent to an activating group) is 1. The van der Waals surface area contributed by atoms with Crippen molar-refractivity contribution in [1.29, 1.82) is 0 Å². The van der Waals surface area contributed by atoms with E-state index in [1.54, 1.807) is 0 Å². The molecule has 0 radical (unpaired) electrons. The number of rotatable bonds is 9. The highest BCUT2D eigenvalue weighted by atomic mass is 15.1. The van der Waals surface area contributed by atoms with Crippen LogP contribution in [-0.4, -0.2) is 30.6 Å². The van der Waals surface area contributed by atoms with E-state index in [9.17, 15) is 0 Å². The van der Waals surface area contributed by atoms with E-state index in [0.717, 1.165) is 26.2 Å². The molecule has 0 bridgehead atoms. The van der Waals surface area contributed by atoms with E-state index < -0.39 is 0 Å². The first-order valence-electron chi connectivity index (χ1n) is 8.15. The Balaban J connectivity index is 2.61. The van der Waals surface area contributed by atoms with Gasteiger partial charge in [-0.05, 0) is 43.5 Å². The molecule has 0 spiro atoms. The maximum Gasteiger partial charge on any atom is 0.0236 e. The van der Waals surface area contributed by atoms with Crippen molar-refractivity contribution in [3.05, 3.63) is 35.4 Å². The van der Waals surface area contributed by atoms with Crippen LogP contribution in [0, 0.1) is 0 Å². The van der Waals surface area contributed by atoms with Gasteiger partial charge in [-0.15, -0.1) is 0 Å². The van der Waals surface area contributed by atoms with E-state index in [-0.39, 0.29) is 0 Å². The van der Waals surface area contributed by atoms with Gasteiger partial charge in [0.25, 0.3) is 0 Å². The molecule has 2 nitrogen and oxygen atoms in total. The van der Waals surface area contributed by atoms with Crippen molar-refractivity contribution in [3.8, 4) is 0 Å². The van der Waals surface area contributed by atoms with E-state index in [1.807, 2.05) is 0 Å². The zero-order valence-corrected chi connectivity index (χ0v) is 13.9. The number of hydrogen-bond acceptors (Lipinski definition) is 2. The second-order valence-electron chi connectivity index (χ2n) is 5.77. The van der Waals surface area contributed by atoms with Crippen LogP contribution in [0.2, 0.25) is 0 Å². The van der Waals surface area contributed by atoms with Gasteiger partial charge >= 0.3 is 0 Å². The van der Waals surface area contributed by atoms with Crippen molar-refractivity contribution < 1.29 is 0 Å². The first-order valence-corrected chi connectivity index (χ1v) is 8.15. The Morgan fingerprint density at radius 3 is 2.20 bits per heavy atom. The fourth-order valence-corrected chi connectivity index (χ4v) is 2.50. The predicted octanol–water partition coefficient (Wildman–Crippen LogP) is 4.02. The van der Waals surface area contributed by atoms with Gasteiger partial charge in [-0.1, -0.05) is 52.0 Å². The summed E-state index contributed by atoms with van der Waals surface area (Å²) in [6.07, 6.45) is 1.21. The third kappa shape index (κ3) is 5.26. The summed E-state index contributed by atoms with van der Waals surface area (Å²) in [6.45, 7) is 15.6. The van der Waals surface area contributed by atoms with E-state index in [0.29, 0.717) is 12.0 Å². The lowest BCUT2D eigenvalue weighted by Gasteiger charge is -2.27. The molecule has 0 aliphatic rings. The van der Waals surface area contributed by atoms with Crippen molar-refractivity contribution in [3.63, 3.8) is 0 Å². The topological polar surface area (TPSA) is 15.3 Å². The summed E-state index contributed by atoms with van der Waals surface area (Å²) in [6, 6.07) is 9.84. The van der Waals surface area contributed by atoms with Gasteiger partial charge < -0.3 is 5.32 Å². The van der Waals surface area contributed by atoms with Crippen molar-refractivity contribution in [2.24, 2.45) is 0 Å². The lowest BCUT2D eigenvalue weighted by molar-refractivity contribution is 0.206. The highest BCUT2D eigenvalue weighted by molar-refractivity contribution is 5.25. The molecular formula is C18H32N2. The van der Waals surface area contributed by atoms with Crippen LogP contribution in [0.1, 0.15) is 58.1 Å². The van der Waals surface area contributed by atoms with Crippen molar-refractivity contribution in [2.75, 3.05) is 19.6 Å². The van der Waals surface area contributed by atoms with Gasteiger partial charge in [-0.3, -0.25) is 4.90 Å². The summed E-state index contributed by atoms with van der Waals surface area (Å²) in [5.41, 5.74) is 2.85. The van der Waals surface area contributed by atoms with Gasteiger partial charge in [-0.25, -0.2) is 0 Å². The second-order valence-corrected chi connectivity index (χ2v) is 5.77. The predicted molar refractivity (Wildman–Crippen MR) is 89.2 cm³/mol. The maximum atomic E-state index is 3.42. The second kappa shape index (κ2) is 9.15. The number of nitrogens with one attached hydrogen (secondary N) is 1. The van der Waals surface area contributed by atoms with Gasteiger partial charge in [0.1, 0.15) is 0 Å². The number of benzene rings is 1. The van der Waals surface area contributed by atoms with Crippen LogP contribution >= 0.6 is 0 Å². The smallest absolute Gasteiger partial charge is 0.0236 e. The summed E-state index contributed by atoms with van der Waals surface area (Å²) >= 11 is 0. The van der Waals surface area contributed by atoms with Crippen LogP contribution in [0.3, 0.4) is 0 Å². The number of nitrogens with zero attached hydrogens (tertiary/aromatic N) is 1. The maximum absolute atomic E-state index is 3.42. The molecule has 114 valence electrons. The quantitative estimate of drug-likeness (QED) is 0.733. The highest BCUT2D eigenvalue weighted by Gasteiger charge is 2.11. The Labute approximate surface area is 125 Å². The van der Waals surface area contributed by atoms with Crippen LogP contribution in [0.4, 0.5) is 0 Å². The molecule has 0 amide bonds. The zero-order chi connectivity index (χ0) is 15.0. The summed E-state index contributed by atoms with van der Waals surface area (Å²) in [5, 5.41) is 3.42. The third-order valence-corrected chi connectivity index (χ3v) is 4.26. The largest absolute Gasteiger partial charge is 0.316 e. The van der Waals surface area contributed by atoms with E-state index in [4.69, 9.17) is 0 Å². The van der Waals surface area contributed by atoms with Crippen LogP contribution in [0.25, 0.3) is 0 Å². The van der Waals surface area contributed by atoms with Crippen LogP contribution in [0.5, 0.6) is 0 Å². The van der Waals surface area contributed by atoms with Crippen LogP contribution < -0.4 is 5.32 Å². The Morgan fingerprint density at radius 1 is 1.05 bits per heavy atom. The Kier molecular flexibility index (Phi) is 7.86. The minimum Gasteiger partial charge on any atom is -0.316 e. The molecular weight excluding hydrogens is 244 g/mol. The highest BCUT2D eigenvalue weighted by Crippen LogP contribution is 2.17. The lowest BCUT2D eigenvalue weighted by Crippen LogP contribution is -2.31. The summed E-state index contributed by atoms with van der Waals surface area (Å²) < 4.78 is 0. The molecule has 2 unspecified atom stereocenters. The van der Waals surface area contributed by atoms with E-state index >= 15 is 0 Å². The van der Waals surface area contributed by atoms with Crippen molar-refractivity contribution >= 4 is 0 Å². The average molecular weight is 276 g/mol. The minimum atomic E-state index is 0.584. The molecule has 0 aliphatic carbocycles. The lowest BCUT2D eigenvalue weighted by atomic mass is 9.99. The average Bonchev–Trinajstić information content (AvgIpc) is 2.50. The Morgan fingerprint density at radius 2 is 1.70 bits per heavy atom. The molecule has 0 fully saturated rings. The van der Waals surface area contributed by atoms with Crippen molar-refractivity contribution in [1.82, 2.24) is 10.2 Å². The van der Waals surface area contributed by atoms with Crippen LogP contribution in [-0.2, 0) is 6.54 Å². The van der Waals surface area contributed by atoms with E-state index in [2.05, 4.69) is 69.1 Å². The molecule has 2 atom stereocenters. The third-order valence-electron chi connectivity index (χ3n) is 4.26. The molecule has 20 heavy (non-hydrogen) atoms. The fraction of sp³-hybridized carbons (Fsp3) is 0.667.